The number of benzene rings is 1. The molecule has 0 spiro atoms. The van der Waals surface area contributed by atoms with Crippen LogP contribution in [0, 0.1) is 5.92 Å². The minimum atomic E-state index is -0.910. The molecular formula is C18H23NO6. The lowest BCUT2D eigenvalue weighted by molar-refractivity contribution is -0.152. The summed E-state index contributed by atoms with van der Waals surface area (Å²) in [6.07, 6.45) is 1.30. The van der Waals surface area contributed by atoms with Crippen molar-refractivity contribution in [2.24, 2.45) is 5.92 Å². The van der Waals surface area contributed by atoms with Crippen molar-refractivity contribution < 1.29 is 28.9 Å². The molecule has 1 aromatic carbocycles. The number of para-hydroxylation sites is 1. The van der Waals surface area contributed by atoms with Gasteiger partial charge in [-0.15, -0.1) is 0 Å². The van der Waals surface area contributed by atoms with Gasteiger partial charge in [-0.05, 0) is 12.5 Å². The fourth-order valence-corrected chi connectivity index (χ4v) is 3.50. The third kappa shape index (κ3) is 3.56. The third-order valence-corrected chi connectivity index (χ3v) is 4.68. The van der Waals surface area contributed by atoms with Gasteiger partial charge in [0.15, 0.2) is 11.5 Å². The standard InChI is InChI=1S/C18H23NO6/c1-23-11-8-19-15(20)7-6-13(18(21)22)16(19)12-4-2-5-14-17(12)25-10-3-9-24-14/h2,4-5,13,16H,3,6-11H2,1H3,(H,21,22)/t13-,16-/m0/s1. The molecule has 1 N–H and O–H groups in total. The summed E-state index contributed by atoms with van der Waals surface area (Å²) < 4.78 is 16.7. The molecule has 2 heterocycles. The number of nitrogens with zero attached hydrogens (tertiary/aromatic N) is 1. The molecule has 136 valence electrons. The molecule has 7 nitrogen and oxygen atoms in total. The predicted octanol–water partition coefficient (Wildman–Crippen LogP) is 1.86. The maximum atomic E-state index is 12.5. The first-order valence-electron chi connectivity index (χ1n) is 8.53. The van der Waals surface area contributed by atoms with E-state index in [1.54, 1.807) is 12.0 Å². The normalized spacial score (nSPS) is 23.2. The van der Waals surface area contributed by atoms with Gasteiger partial charge in [0, 0.05) is 32.1 Å². The number of ether oxygens (including phenoxy) is 3. The van der Waals surface area contributed by atoms with E-state index >= 15 is 0 Å². The number of aliphatic carboxylic acids is 1. The molecule has 1 amide bonds. The van der Waals surface area contributed by atoms with Crippen LogP contribution in [0.25, 0.3) is 0 Å². The Morgan fingerprint density at radius 1 is 1.36 bits per heavy atom. The Balaban J connectivity index is 2.05. The van der Waals surface area contributed by atoms with E-state index < -0.39 is 17.9 Å². The third-order valence-electron chi connectivity index (χ3n) is 4.68. The monoisotopic (exact) mass is 349 g/mol. The van der Waals surface area contributed by atoms with Crippen molar-refractivity contribution in [3.8, 4) is 11.5 Å². The van der Waals surface area contributed by atoms with Crippen LogP contribution >= 0.6 is 0 Å². The average molecular weight is 349 g/mol. The van der Waals surface area contributed by atoms with Crippen molar-refractivity contribution in [3.63, 3.8) is 0 Å². The number of likely N-dealkylation sites (tertiary alicyclic amines) is 1. The van der Waals surface area contributed by atoms with Crippen molar-refractivity contribution in [1.82, 2.24) is 4.90 Å². The van der Waals surface area contributed by atoms with E-state index in [4.69, 9.17) is 14.2 Å². The molecule has 2 aliphatic heterocycles. The number of carboxylic acid groups (broad SMARTS) is 1. The lowest BCUT2D eigenvalue weighted by Crippen LogP contribution is -2.46. The van der Waals surface area contributed by atoms with Crippen LogP contribution < -0.4 is 9.47 Å². The fraction of sp³-hybridized carbons (Fsp3) is 0.556. The first kappa shape index (κ1) is 17.5. The van der Waals surface area contributed by atoms with Gasteiger partial charge in [0.25, 0.3) is 0 Å². The van der Waals surface area contributed by atoms with E-state index in [0.29, 0.717) is 49.8 Å². The molecule has 25 heavy (non-hydrogen) atoms. The zero-order valence-electron chi connectivity index (χ0n) is 14.3. The van der Waals surface area contributed by atoms with Crippen LogP contribution in [0.1, 0.15) is 30.9 Å². The number of methoxy groups -OCH3 is 1. The minimum Gasteiger partial charge on any atom is -0.490 e. The van der Waals surface area contributed by atoms with E-state index in [2.05, 4.69) is 0 Å². The second-order valence-electron chi connectivity index (χ2n) is 6.23. The molecule has 0 aromatic heterocycles. The van der Waals surface area contributed by atoms with E-state index in [9.17, 15) is 14.7 Å². The van der Waals surface area contributed by atoms with E-state index in [-0.39, 0.29) is 12.3 Å². The lowest BCUT2D eigenvalue weighted by atomic mass is 9.83. The van der Waals surface area contributed by atoms with Gasteiger partial charge in [0.05, 0.1) is 31.8 Å². The van der Waals surface area contributed by atoms with Crippen molar-refractivity contribution in [2.45, 2.75) is 25.3 Å². The summed E-state index contributed by atoms with van der Waals surface area (Å²) in [5.41, 5.74) is 0.691. The van der Waals surface area contributed by atoms with Crippen LogP contribution in [0.4, 0.5) is 0 Å². The summed E-state index contributed by atoms with van der Waals surface area (Å²) in [5.74, 6) is -0.510. The first-order chi connectivity index (χ1) is 12.1. The zero-order valence-corrected chi connectivity index (χ0v) is 14.3. The second-order valence-corrected chi connectivity index (χ2v) is 6.23. The smallest absolute Gasteiger partial charge is 0.308 e. The highest BCUT2D eigenvalue weighted by Gasteiger charge is 2.42. The summed E-state index contributed by atoms with van der Waals surface area (Å²) in [4.78, 5) is 26.0. The van der Waals surface area contributed by atoms with E-state index in [1.165, 1.54) is 0 Å². The largest absolute Gasteiger partial charge is 0.490 e. The Bertz CT molecular complexity index is 646. The number of fused-ring (bicyclic) bond motifs is 1. The van der Waals surface area contributed by atoms with Crippen molar-refractivity contribution >= 4 is 11.9 Å². The van der Waals surface area contributed by atoms with Crippen LogP contribution in [0.2, 0.25) is 0 Å². The topological polar surface area (TPSA) is 85.3 Å². The fourth-order valence-electron chi connectivity index (χ4n) is 3.50. The number of amides is 1. The highest BCUT2D eigenvalue weighted by atomic mass is 16.5. The maximum Gasteiger partial charge on any atom is 0.308 e. The van der Waals surface area contributed by atoms with Gasteiger partial charge >= 0.3 is 5.97 Å². The van der Waals surface area contributed by atoms with Gasteiger partial charge in [0.1, 0.15) is 0 Å². The van der Waals surface area contributed by atoms with Crippen molar-refractivity contribution in [2.75, 3.05) is 33.5 Å². The average Bonchev–Trinajstić information content (AvgIpc) is 2.85. The molecule has 1 aromatic rings. The summed E-state index contributed by atoms with van der Waals surface area (Å²) in [6, 6.07) is 4.86. The lowest BCUT2D eigenvalue weighted by Gasteiger charge is -2.40. The highest BCUT2D eigenvalue weighted by molar-refractivity contribution is 5.82. The molecule has 1 saturated heterocycles. The van der Waals surface area contributed by atoms with E-state index in [0.717, 1.165) is 6.42 Å². The Morgan fingerprint density at radius 2 is 2.16 bits per heavy atom. The number of hydrogen-bond donors (Lipinski definition) is 1. The Hall–Kier alpha value is -2.28. The Kier molecular flexibility index (Phi) is 5.43. The number of rotatable bonds is 5. The number of hydrogen-bond acceptors (Lipinski definition) is 5. The summed E-state index contributed by atoms with van der Waals surface area (Å²) in [5, 5.41) is 9.72. The van der Waals surface area contributed by atoms with Crippen LogP contribution in [0.3, 0.4) is 0 Å². The molecular weight excluding hydrogens is 326 g/mol. The molecule has 7 heteroatoms. The maximum absolute atomic E-state index is 12.5. The molecule has 0 bridgehead atoms. The van der Waals surface area contributed by atoms with Crippen molar-refractivity contribution in [1.29, 1.82) is 0 Å². The number of carbonyl (C=O) groups excluding carboxylic acids is 1. The second kappa shape index (κ2) is 7.74. The quantitative estimate of drug-likeness (QED) is 0.873. The molecule has 0 saturated carbocycles. The Morgan fingerprint density at radius 3 is 2.92 bits per heavy atom. The van der Waals surface area contributed by atoms with Gasteiger partial charge in [-0.1, -0.05) is 12.1 Å². The molecule has 2 atom stereocenters. The van der Waals surface area contributed by atoms with Crippen LogP contribution in [-0.2, 0) is 14.3 Å². The van der Waals surface area contributed by atoms with Gasteiger partial charge in [-0.3, -0.25) is 9.59 Å². The van der Waals surface area contributed by atoms with Gasteiger partial charge in [-0.25, -0.2) is 0 Å². The minimum absolute atomic E-state index is 0.0632. The van der Waals surface area contributed by atoms with Gasteiger partial charge in [-0.2, -0.15) is 0 Å². The number of carbonyl (C=O) groups is 2. The SMILES string of the molecule is COCCN1C(=O)CC[C@H](C(=O)O)[C@@H]1c1cccc2c1OCCCO2. The molecule has 0 aliphatic carbocycles. The van der Waals surface area contributed by atoms with Crippen LogP contribution in [0.5, 0.6) is 11.5 Å². The predicted molar refractivity (Wildman–Crippen MR) is 88.7 cm³/mol. The molecule has 1 fully saturated rings. The molecule has 2 aliphatic rings. The molecule has 0 radical (unpaired) electrons. The summed E-state index contributed by atoms with van der Waals surface area (Å²) >= 11 is 0. The van der Waals surface area contributed by atoms with Crippen molar-refractivity contribution in [3.05, 3.63) is 23.8 Å². The van der Waals surface area contributed by atoms with E-state index in [1.807, 2.05) is 18.2 Å². The highest BCUT2D eigenvalue weighted by Crippen LogP contribution is 2.44. The van der Waals surface area contributed by atoms with Crippen LogP contribution in [-0.4, -0.2) is 55.4 Å². The van der Waals surface area contributed by atoms with Gasteiger partial charge < -0.3 is 24.2 Å². The zero-order chi connectivity index (χ0) is 17.8. The Labute approximate surface area is 146 Å². The molecule has 3 rings (SSSR count). The van der Waals surface area contributed by atoms with Crippen LogP contribution in [0.15, 0.2) is 18.2 Å². The first-order valence-corrected chi connectivity index (χ1v) is 8.53. The summed E-state index contributed by atoms with van der Waals surface area (Å²) in [6.45, 7) is 1.74. The number of carboxylic acids is 1. The summed E-state index contributed by atoms with van der Waals surface area (Å²) in [7, 11) is 1.56. The number of piperidine rings is 1. The molecule has 0 unspecified atom stereocenters. The van der Waals surface area contributed by atoms with Gasteiger partial charge in [0.2, 0.25) is 5.91 Å².